The van der Waals surface area contributed by atoms with Crippen molar-refractivity contribution < 1.29 is 9.53 Å². The van der Waals surface area contributed by atoms with Crippen LogP contribution < -0.4 is 0 Å². The monoisotopic (exact) mass is 344 g/mol. The second-order valence-corrected chi connectivity index (χ2v) is 7.15. The van der Waals surface area contributed by atoms with Crippen LogP contribution in [0.1, 0.15) is 104 Å². The summed E-state index contributed by atoms with van der Waals surface area (Å²) in [6.07, 6.45) is 17.4. The van der Waals surface area contributed by atoms with E-state index in [1.807, 2.05) is 0 Å². The van der Waals surface area contributed by atoms with Crippen molar-refractivity contribution in [2.45, 2.75) is 104 Å². The van der Waals surface area contributed by atoms with Crippen LogP contribution in [0.25, 0.3) is 0 Å². The molecule has 0 aromatic rings. The van der Waals surface area contributed by atoms with Crippen LogP contribution in [0.4, 0.5) is 0 Å². The molecule has 2 nitrogen and oxygen atoms in total. The molecule has 0 saturated carbocycles. The summed E-state index contributed by atoms with van der Waals surface area (Å²) >= 11 is 4.12. The van der Waals surface area contributed by atoms with Gasteiger partial charge >= 0.3 is 5.97 Å². The van der Waals surface area contributed by atoms with Crippen LogP contribution in [0, 0.1) is 5.92 Å². The Kier molecular flexibility index (Phi) is 18.0. The van der Waals surface area contributed by atoms with E-state index in [4.69, 9.17) is 4.74 Å². The van der Waals surface area contributed by atoms with Gasteiger partial charge in [-0.2, -0.15) is 12.6 Å². The van der Waals surface area contributed by atoms with Crippen molar-refractivity contribution in [1.29, 1.82) is 0 Å². The molecule has 0 radical (unpaired) electrons. The maximum absolute atomic E-state index is 12.2. The fraction of sp³-hybridized carbons (Fsp3) is 0.950. The zero-order chi connectivity index (χ0) is 17.2. The minimum Gasteiger partial charge on any atom is -0.465 e. The summed E-state index contributed by atoms with van der Waals surface area (Å²) in [5.74, 6) is 0.750. The lowest BCUT2D eigenvalue weighted by Crippen LogP contribution is -2.19. The highest BCUT2D eigenvalue weighted by Gasteiger charge is 2.19. The number of carbonyl (C=O) groups is 1. The highest BCUT2D eigenvalue weighted by molar-refractivity contribution is 7.80. The average Bonchev–Trinajstić information content (AvgIpc) is 2.56. The van der Waals surface area contributed by atoms with Gasteiger partial charge in [0.1, 0.15) is 6.61 Å². The number of hydrogen-bond acceptors (Lipinski definition) is 3. The molecule has 0 rings (SSSR count). The van der Waals surface area contributed by atoms with E-state index in [1.54, 1.807) is 0 Å². The van der Waals surface area contributed by atoms with Crippen LogP contribution in [0.15, 0.2) is 0 Å². The van der Waals surface area contributed by atoms with Gasteiger partial charge in [0.15, 0.2) is 0 Å². The molecule has 0 aliphatic carbocycles. The lowest BCUT2D eigenvalue weighted by molar-refractivity contribution is -0.148. The molecule has 0 aromatic heterocycles. The fourth-order valence-corrected chi connectivity index (χ4v) is 3.08. The van der Waals surface area contributed by atoms with E-state index in [-0.39, 0.29) is 11.9 Å². The molecule has 0 heterocycles. The van der Waals surface area contributed by atoms with Gasteiger partial charge in [0.2, 0.25) is 0 Å². The van der Waals surface area contributed by atoms with E-state index < -0.39 is 0 Å². The first-order valence-corrected chi connectivity index (χ1v) is 10.7. The number of rotatable bonds is 17. The van der Waals surface area contributed by atoms with Crippen molar-refractivity contribution in [1.82, 2.24) is 0 Å². The molecule has 23 heavy (non-hydrogen) atoms. The molecule has 0 unspecified atom stereocenters. The Bertz CT molecular complexity index is 240. The third-order valence-corrected chi connectivity index (χ3v) is 4.66. The number of unbranched alkanes of at least 4 members (excludes halogenated alkanes) is 10. The summed E-state index contributed by atoms with van der Waals surface area (Å²) in [5, 5.41) is 0. The zero-order valence-electron chi connectivity index (χ0n) is 15.7. The van der Waals surface area contributed by atoms with E-state index in [0.29, 0.717) is 12.4 Å². The number of thiol groups is 1. The second-order valence-electron chi connectivity index (χ2n) is 6.70. The van der Waals surface area contributed by atoms with E-state index in [9.17, 15) is 4.79 Å². The van der Waals surface area contributed by atoms with E-state index in [2.05, 4.69) is 26.5 Å². The van der Waals surface area contributed by atoms with Crippen molar-refractivity contribution in [3.63, 3.8) is 0 Å². The minimum atomic E-state index is 0.0150. The second kappa shape index (κ2) is 18.2. The number of carbonyl (C=O) groups excluding carboxylic acids is 1. The quantitative estimate of drug-likeness (QED) is 0.183. The summed E-state index contributed by atoms with van der Waals surface area (Å²) in [7, 11) is 0. The molecule has 0 aromatic carbocycles. The van der Waals surface area contributed by atoms with Gasteiger partial charge < -0.3 is 4.74 Å². The lowest BCUT2D eigenvalue weighted by Gasteiger charge is -2.16. The van der Waals surface area contributed by atoms with Gasteiger partial charge in [0.05, 0.1) is 5.92 Å². The Morgan fingerprint density at radius 1 is 0.783 bits per heavy atom. The molecule has 0 spiro atoms. The van der Waals surface area contributed by atoms with Gasteiger partial charge in [0.25, 0.3) is 0 Å². The van der Waals surface area contributed by atoms with Crippen LogP contribution >= 0.6 is 12.6 Å². The molecule has 0 bridgehead atoms. The predicted molar refractivity (Wildman–Crippen MR) is 104 cm³/mol. The van der Waals surface area contributed by atoms with Crippen molar-refractivity contribution in [3.05, 3.63) is 0 Å². The van der Waals surface area contributed by atoms with Gasteiger partial charge in [-0.05, 0) is 12.8 Å². The molecule has 3 heteroatoms. The van der Waals surface area contributed by atoms with Crippen molar-refractivity contribution in [2.75, 3.05) is 12.4 Å². The molecule has 0 aliphatic rings. The van der Waals surface area contributed by atoms with Crippen LogP contribution in [0.2, 0.25) is 0 Å². The third kappa shape index (κ3) is 15.1. The number of esters is 1. The summed E-state index contributed by atoms with van der Waals surface area (Å²) < 4.78 is 5.33. The van der Waals surface area contributed by atoms with Crippen LogP contribution in [-0.4, -0.2) is 18.3 Å². The smallest absolute Gasteiger partial charge is 0.308 e. The van der Waals surface area contributed by atoms with Gasteiger partial charge in [-0.25, -0.2) is 0 Å². The normalized spacial score (nSPS) is 11.1. The Balaban J connectivity index is 3.91. The minimum absolute atomic E-state index is 0.0150. The Morgan fingerprint density at radius 3 is 1.65 bits per heavy atom. The van der Waals surface area contributed by atoms with E-state index >= 15 is 0 Å². The Hall–Kier alpha value is -0.180. The maximum atomic E-state index is 12.2. The zero-order valence-corrected chi connectivity index (χ0v) is 16.5. The predicted octanol–water partition coefficient (Wildman–Crippen LogP) is 6.58. The highest BCUT2D eigenvalue weighted by atomic mass is 32.1. The number of hydrogen-bond donors (Lipinski definition) is 1. The molecule has 0 N–H and O–H groups in total. The van der Waals surface area contributed by atoms with Gasteiger partial charge in [0, 0.05) is 5.75 Å². The summed E-state index contributed by atoms with van der Waals surface area (Å²) in [5.41, 5.74) is 0. The van der Waals surface area contributed by atoms with E-state index in [1.165, 1.54) is 77.0 Å². The third-order valence-electron chi connectivity index (χ3n) is 4.48. The fourth-order valence-electron chi connectivity index (χ4n) is 2.99. The van der Waals surface area contributed by atoms with Gasteiger partial charge in [-0.15, -0.1) is 0 Å². The largest absolute Gasteiger partial charge is 0.465 e. The molecule has 0 fully saturated rings. The number of ether oxygens (including phenoxy) is 1. The first kappa shape index (κ1) is 22.8. The Labute approximate surface area is 150 Å². The molecule has 0 atom stereocenters. The standard InChI is InChI=1S/C20H40O2S/c1-3-5-7-9-11-13-15-19(20(21)22-17-18-23)16-14-12-10-8-6-4-2/h19,23H,3-18H2,1-2H3. The SMILES string of the molecule is CCCCCCCCC(CCCCCCCC)C(=O)OCCS. The molecule has 138 valence electrons. The van der Waals surface area contributed by atoms with Crippen LogP contribution in [0.3, 0.4) is 0 Å². The van der Waals surface area contributed by atoms with Crippen molar-refractivity contribution in [3.8, 4) is 0 Å². The van der Waals surface area contributed by atoms with Crippen LogP contribution in [-0.2, 0) is 9.53 Å². The van der Waals surface area contributed by atoms with Gasteiger partial charge in [-0.1, -0.05) is 90.9 Å². The summed E-state index contributed by atoms with van der Waals surface area (Å²) in [6, 6.07) is 0. The van der Waals surface area contributed by atoms with Crippen LogP contribution in [0.5, 0.6) is 0 Å². The first-order chi connectivity index (χ1) is 11.3. The summed E-state index contributed by atoms with van der Waals surface area (Å²) in [6.45, 7) is 4.94. The average molecular weight is 345 g/mol. The topological polar surface area (TPSA) is 26.3 Å². The van der Waals surface area contributed by atoms with Crippen molar-refractivity contribution >= 4 is 18.6 Å². The molecule has 0 amide bonds. The molecule has 0 aliphatic heterocycles. The van der Waals surface area contributed by atoms with Crippen molar-refractivity contribution in [2.24, 2.45) is 5.92 Å². The molecular formula is C20H40O2S. The molecular weight excluding hydrogens is 304 g/mol. The maximum Gasteiger partial charge on any atom is 0.308 e. The molecule has 0 saturated heterocycles. The summed E-state index contributed by atoms with van der Waals surface area (Å²) in [4.78, 5) is 12.2. The highest BCUT2D eigenvalue weighted by Crippen LogP contribution is 2.20. The van der Waals surface area contributed by atoms with Gasteiger partial charge in [-0.3, -0.25) is 4.79 Å². The Morgan fingerprint density at radius 2 is 1.22 bits per heavy atom. The lowest BCUT2D eigenvalue weighted by atomic mass is 9.94. The first-order valence-electron chi connectivity index (χ1n) is 10.0. The van der Waals surface area contributed by atoms with E-state index in [0.717, 1.165) is 12.8 Å².